The molecule has 0 saturated heterocycles. The van der Waals surface area contributed by atoms with Crippen LogP contribution in [0.4, 0.5) is 0 Å². The molecule has 0 spiro atoms. The average Bonchev–Trinajstić information content (AvgIpc) is 2.81. The van der Waals surface area contributed by atoms with Gasteiger partial charge in [0.05, 0.1) is 0 Å². The van der Waals surface area contributed by atoms with E-state index in [0.717, 1.165) is 9.52 Å². The van der Waals surface area contributed by atoms with Crippen LogP contribution in [-0.4, -0.2) is 9.52 Å². The van der Waals surface area contributed by atoms with Gasteiger partial charge in [-0.2, -0.15) is 0 Å². The molecule has 4 aromatic carbocycles. The highest BCUT2D eigenvalue weighted by Gasteiger charge is 2.19. The second-order valence-corrected chi connectivity index (χ2v) is 7.45. The minimum absolute atomic E-state index is 0.971. The fourth-order valence-electron chi connectivity index (χ4n) is 3.85. The van der Waals surface area contributed by atoms with Crippen LogP contribution in [-0.2, 0) is 12.1 Å². The normalized spacial score (nSPS) is 13.6. The van der Waals surface area contributed by atoms with Crippen LogP contribution in [0.15, 0.2) is 72.8 Å². The van der Waals surface area contributed by atoms with E-state index in [2.05, 4.69) is 72.8 Å². The standard InChI is InChI=1S/C22H16Si/c1-3-7-19-15(5-1)9-11-17-13-23-14-18-12-10-16-6-2-4-8-20(16)22(18)21(17)19/h1-12H,13-14H2. The molecule has 1 heterocycles. The molecular formula is C22H16Si. The highest BCUT2D eigenvalue weighted by Crippen LogP contribution is 2.40. The molecule has 1 aliphatic rings. The molecule has 0 nitrogen and oxygen atoms in total. The summed E-state index contributed by atoms with van der Waals surface area (Å²) < 4.78 is 0. The molecule has 0 N–H and O–H groups in total. The lowest BCUT2D eigenvalue weighted by Gasteiger charge is -2.16. The van der Waals surface area contributed by atoms with E-state index in [9.17, 15) is 0 Å². The summed E-state index contributed by atoms with van der Waals surface area (Å²) in [6.45, 7) is 0. The molecule has 0 amide bonds. The molecule has 0 saturated carbocycles. The van der Waals surface area contributed by atoms with Crippen LogP contribution < -0.4 is 0 Å². The second kappa shape index (κ2) is 5.07. The summed E-state index contributed by atoms with van der Waals surface area (Å²) in [5, 5.41) is 5.48. The molecule has 1 aliphatic heterocycles. The Morgan fingerprint density at radius 1 is 0.522 bits per heavy atom. The third kappa shape index (κ3) is 1.97. The van der Waals surface area contributed by atoms with Crippen molar-refractivity contribution >= 4 is 31.1 Å². The van der Waals surface area contributed by atoms with Crippen molar-refractivity contribution in [2.24, 2.45) is 0 Å². The van der Waals surface area contributed by atoms with Gasteiger partial charge in [-0.25, -0.2) is 0 Å². The summed E-state index contributed by atoms with van der Waals surface area (Å²) >= 11 is 0. The Balaban J connectivity index is 2.01. The number of rotatable bonds is 0. The topological polar surface area (TPSA) is 0 Å². The summed E-state index contributed by atoms with van der Waals surface area (Å²) in [4.78, 5) is 0. The number of fused-ring (bicyclic) bond motifs is 7. The number of hydrogen-bond acceptors (Lipinski definition) is 0. The zero-order valence-electron chi connectivity index (χ0n) is 12.8. The first-order valence-corrected chi connectivity index (χ1v) is 9.55. The zero-order valence-corrected chi connectivity index (χ0v) is 13.8. The Labute approximate surface area is 138 Å². The summed E-state index contributed by atoms with van der Waals surface area (Å²) in [5.74, 6) is 0. The first-order chi connectivity index (χ1) is 11.4. The molecule has 0 fully saturated rings. The van der Waals surface area contributed by atoms with Gasteiger partial charge in [-0.3, -0.25) is 0 Å². The van der Waals surface area contributed by atoms with E-state index in [1.165, 1.54) is 55.9 Å². The van der Waals surface area contributed by atoms with Gasteiger partial charge in [0, 0.05) is 9.52 Å². The SMILES string of the molecule is c1ccc2c3c(ccc2c1)C[Si]Cc1ccc2ccccc2c1-3. The Morgan fingerprint density at radius 2 is 1.00 bits per heavy atom. The Morgan fingerprint density at radius 3 is 1.52 bits per heavy atom. The van der Waals surface area contributed by atoms with Gasteiger partial charge in [-0.1, -0.05) is 72.8 Å². The first-order valence-electron chi connectivity index (χ1n) is 8.14. The average molecular weight is 308 g/mol. The molecular weight excluding hydrogens is 292 g/mol. The molecule has 1 heteroatoms. The Hall–Kier alpha value is -2.38. The molecule has 0 unspecified atom stereocenters. The van der Waals surface area contributed by atoms with Crippen LogP contribution in [0.2, 0.25) is 0 Å². The molecule has 23 heavy (non-hydrogen) atoms. The molecule has 0 aromatic heterocycles. The van der Waals surface area contributed by atoms with Crippen molar-refractivity contribution in [3.05, 3.63) is 83.9 Å². The minimum Gasteiger partial charge on any atom is -0.0616 e. The van der Waals surface area contributed by atoms with Crippen LogP contribution in [0, 0.1) is 0 Å². The van der Waals surface area contributed by atoms with E-state index < -0.39 is 0 Å². The predicted molar refractivity (Wildman–Crippen MR) is 100 cm³/mol. The maximum atomic E-state index is 2.35. The quantitative estimate of drug-likeness (QED) is 0.383. The fraction of sp³-hybridized carbons (Fsp3) is 0.0909. The predicted octanol–water partition coefficient (Wildman–Crippen LogP) is 5.38. The summed E-state index contributed by atoms with van der Waals surface area (Å²) in [5.41, 5.74) is 5.97. The Kier molecular flexibility index (Phi) is 2.89. The highest BCUT2D eigenvalue weighted by molar-refractivity contribution is 6.36. The van der Waals surface area contributed by atoms with Gasteiger partial charge in [0.1, 0.15) is 0 Å². The Bertz CT molecular complexity index is 961. The van der Waals surface area contributed by atoms with Crippen LogP contribution in [0.3, 0.4) is 0 Å². The maximum Gasteiger partial charge on any atom is 0.0478 e. The smallest absolute Gasteiger partial charge is 0.0478 e. The molecule has 0 aliphatic carbocycles. The van der Waals surface area contributed by atoms with Crippen LogP contribution in [0.25, 0.3) is 32.7 Å². The third-order valence-electron chi connectivity index (χ3n) is 4.91. The minimum atomic E-state index is 0.971. The molecule has 0 atom stereocenters. The summed E-state index contributed by atoms with van der Waals surface area (Å²) in [7, 11) is 0.971. The van der Waals surface area contributed by atoms with Crippen molar-refractivity contribution in [3.8, 4) is 11.1 Å². The van der Waals surface area contributed by atoms with Gasteiger partial charge in [0.2, 0.25) is 0 Å². The van der Waals surface area contributed by atoms with E-state index in [0.29, 0.717) is 0 Å². The second-order valence-electron chi connectivity index (χ2n) is 6.25. The highest BCUT2D eigenvalue weighted by atomic mass is 28.2. The van der Waals surface area contributed by atoms with Gasteiger partial charge in [-0.15, -0.1) is 0 Å². The van der Waals surface area contributed by atoms with Gasteiger partial charge < -0.3 is 0 Å². The lowest BCUT2D eigenvalue weighted by molar-refractivity contribution is 1.37. The molecule has 2 radical (unpaired) electrons. The van der Waals surface area contributed by atoms with Crippen molar-refractivity contribution in [3.63, 3.8) is 0 Å². The van der Waals surface area contributed by atoms with Crippen molar-refractivity contribution in [2.75, 3.05) is 0 Å². The van der Waals surface area contributed by atoms with E-state index in [-0.39, 0.29) is 0 Å². The van der Waals surface area contributed by atoms with Crippen LogP contribution in [0.5, 0.6) is 0 Å². The number of hydrogen-bond donors (Lipinski definition) is 0. The van der Waals surface area contributed by atoms with E-state index in [4.69, 9.17) is 0 Å². The molecule has 108 valence electrons. The van der Waals surface area contributed by atoms with Crippen molar-refractivity contribution in [2.45, 2.75) is 12.1 Å². The monoisotopic (exact) mass is 308 g/mol. The van der Waals surface area contributed by atoms with E-state index in [1.807, 2.05) is 0 Å². The summed E-state index contributed by atoms with van der Waals surface area (Å²) in [6.07, 6.45) is 0. The lowest BCUT2D eigenvalue weighted by atomic mass is 9.88. The van der Waals surface area contributed by atoms with Crippen molar-refractivity contribution in [1.29, 1.82) is 0 Å². The van der Waals surface area contributed by atoms with Gasteiger partial charge >= 0.3 is 0 Å². The molecule has 0 bridgehead atoms. The maximum absolute atomic E-state index is 2.35. The van der Waals surface area contributed by atoms with Gasteiger partial charge in [0.15, 0.2) is 0 Å². The molecule has 4 aromatic rings. The van der Waals surface area contributed by atoms with Gasteiger partial charge in [0.25, 0.3) is 0 Å². The largest absolute Gasteiger partial charge is 0.0616 e. The van der Waals surface area contributed by atoms with E-state index >= 15 is 0 Å². The third-order valence-corrected chi connectivity index (χ3v) is 6.17. The van der Waals surface area contributed by atoms with E-state index in [1.54, 1.807) is 0 Å². The lowest BCUT2D eigenvalue weighted by Crippen LogP contribution is -1.98. The number of benzene rings is 4. The summed E-state index contributed by atoms with van der Waals surface area (Å²) in [6, 6.07) is 29.3. The van der Waals surface area contributed by atoms with Crippen LogP contribution >= 0.6 is 0 Å². The molecule has 5 rings (SSSR count). The fourth-order valence-corrected chi connectivity index (χ4v) is 5.10. The first kappa shape index (κ1) is 13.1. The zero-order chi connectivity index (χ0) is 15.2. The van der Waals surface area contributed by atoms with Gasteiger partial charge in [-0.05, 0) is 55.9 Å². The van der Waals surface area contributed by atoms with Crippen molar-refractivity contribution in [1.82, 2.24) is 0 Å². The van der Waals surface area contributed by atoms with Crippen molar-refractivity contribution < 1.29 is 0 Å². The van der Waals surface area contributed by atoms with Crippen LogP contribution in [0.1, 0.15) is 11.1 Å².